The Hall–Kier alpha value is -2.35. The van der Waals surface area contributed by atoms with Gasteiger partial charge >= 0.3 is 75.3 Å². The van der Waals surface area contributed by atoms with Crippen LogP contribution in [0, 0.1) is 61.6 Å². The molecule has 0 aromatic heterocycles. The van der Waals surface area contributed by atoms with Crippen LogP contribution in [0.3, 0.4) is 0 Å². The van der Waals surface area contributed by atoms with Crippen LogP contribution < -0.4 is 51.4 Å². The van der Waals surface area contributed by atoms with Gasteiger partial charge in [-0.15, -0.1) is 0 Å². The molecule has 0 aliphatic rings. The van der Waals surface area contributed by atoms with Crippen molar-refractivity contribution in [3.05, 3.63) is 11.1 Å². The van der Waals surface area contributed by atoms with Gasteiger partial charge in [0.2, 0.25) is 0 Å². The maximum atomic E-state index is 11.5. The van der Waals surface area contributed by atoms with Gasteiger partial charge < -0.3 is 30.3 Å². The summed E-state index contributed by atoms with van der Waals surface area (Å²) in [5.74, 6) is -3.36. The molecule has 0 aromatic rings. The number of carboxylic acid groups (broad SMARTS) is 2. The molecular weight excluding hydrogens is 806 g/mol. The molecule has 0 spiro atoms. The second kappa shape index (κ2) is 45.7. The van der Waals surface area contributed by atoms with Crippen LogP contribution in [0.5, 0.6) is 0 Å². The fourth-order valence-electron chi connectivity index (χ4n) is 4.56. The topological polar surface area (TPSA) is 249 Å². The Morgan fingerprint density at radius 2 is 1.02 bits per heavy atom. The average molecular weight is 898 g/mol. The summed E-state index contributed by atoms with van der Waals surface area (Å²) in [6.07, 6.45) is 7.51. The minimum absolute atomic E-state index is 0. The maximum absolute atomic E-state index is 11.5. The Bertz CT molecular complexity index is 1280. The fourth-order valence-corrected chi connectivity index (χ4v) is 4.56. The van der Waals surface area contributed by atoms with E-state index in [1.807, 2.05) is 68.4 Å². The number of nitriles is 3. The third kappa shape index (κ3) is 35.8. The standard InChI is InChI=1S/C11H19NO2.C9H13NO2.C8H15N.C8H16O3.C8H16O2.3CH4.K.H2O/c1-5-11(4,6-2)9(8-12)10(13)14-7-3;1-4-7(3)8(6-10)9(11)12-5-2;1-4-8(3,5-2)6-7-9;1-4-8(3,5-2)6(9)7(10)11;1-4-8(3,5-2)6-7(9)10;;;;;/h9H,5-7H2,1-4H3;4-5H2,1-3H3;4-6H2,1-3H3;6,9H,4-5H2,1-3H3,(H,10,11);4-6H2,1-3H3,(H,9,10);3*1H4;;1H2/q;;;;;;;;+1;/p-1/b;8-7+;;;;;;;;. The molecule has 0 aromatic carbocycles. The van der Waals surface area contributed by atoms with Gasteiger partial charge in [0.25, 0.3) is 0 Å². The number of aliphatic hydroxyl groups is 1. The fraction of sp³-hybridized carbons (Fsp3) is 0.809. The van der Waals surface area contributed by atoms with Gasteiger partial charge in [0.05, 0.1) is 31.8 Å². The Morgan fingerprint density at radius 1 is 0.639 bits per heavy atom. The van der Waals surface area contributed by atoms with Crippen LogP contribution in [0.25, 0.3) is 0 Å². The van der Waals surface area contributed by atoms with Crippen molar-refractivity contribution in [3.8, 4) is 18.2 Å². The van der Waals surface area contributed by atoms with E-state index >= 15 is 0 Å². The van der Waals surface area contributed by atoms with E-state index in [9.17, 15) is 24.3 Å². The minimum Gasteiger partial charge on any atom is -0.870 e. The van der Waals surface area contributed by atoms with Gasteiger partial charge in [0, 0.05) is 11.8 Å². The van der Waals surface area contributed by atoms with Gasteiger partial charge in [-0.05, 0) is 87.5 Å². The van der Waals surface area contributed by atoms with E-state index < -0.39 is 35.3 Å². The van der Waals surface area contributed by atoms with Crippen LogP contribution in [-0.4, -0.2) is 64.0 Å². The number of aliphatic hydroxyl groups excluding tert-OH is 1. The molecule has 0 aliphatic heterocycles. The number of carboxylic acids is 2. The Morgan fingerprint density at radius 3 is 1.20 bits per heavy atom. The summed E-state index contributed by atoms with van der Waals surface area (Å²) in [7, 11) is 0. The summed E-state index contributed by atoms with van der Waals surface area (Å²) in [5, 5.41) is 52.3. The molecule has 61 heavy (non-hydrogen) atoms. The number of rotatable bonds is 19. The van der Waals surface area contributed by atoms with Gasteiger partial charge in [0.15, 0.2) is 6.10 Å². The third-order valence-corrected chi connectivity index (χ3v) is 11.5. The molecule has 13 nitrogen and oxygen atoms in total. The second-order valence-electron chi connectivity index (χ2n) is 15.1. The van der Waals surface area contributed by atoms with Gasteiger partial charge in [-0.1, -0.05) is 125 Å². The molecule has 2 atom stereocenters. The first-order valence-corrected chi connectivity index (χ1v) is 20.2. The van der Waals surface area contributed by atoms with Gasteiger partial charge in [-0.3, -0.25) is 9.59 Å². The number of aliphatic carboxylic acids is 2. The molecule has 0 radical (unpaired) electrons. The summed E-state index contributed by atoms with van der Waals surface area (Å²) in [5.41, 5.74) is 0.447. The predicted octanol–water partition coefficient (Wildman–Crippen LogP) is 9.32. The summed E-state index contributed by atoms with van der Waals surface area (Å²) < 4.78 is 9.58. The van der Waals surface area contributed by atoms with Gasteiger partial charge in [-0.2, -0.15) is 15.8 Å². The van der Waals surface area contributed by atoms with Crippen molar-refractivity contribution in [2.24, 2.45) is 27.6 Å². The third-order valence-electron chi connectivity index (χ3n) is 11.5. The van der Waals surface area contributed by atoms with Crippen molar-refractivity contribution < 1.29 is 101 Å². The number of carbonyl (C=O) groups is 4. The number of carbonyl (C=O) groups excluding carboxylic acids is 2. The molecule has 0 aliphatic carbocycles. The van der Waals surface area contributed by atoms with Crippen LogP contribution in [0.1, 0.15) is 204 Å². The van der Waals surface area contributed by atoms with E-state index in [0.717, 1.165) is 44.1 Å². The van der Waals surface area contributed by atoms with Crippen molar-refractivity contribution in [1.29, 1.82) is 15.8 Å². The molecule has 0 fully saturated rings. The first-order chi connectivity index (χ1) is 25.9. The van der Waals surface area contributed by atoms with Crippen LogP contribution >= 0.6 is 0 Å². The summed E-state index contributed by atoms with van der Waals surface area (Å²) in [6, 6.07) is 6.11. The van der Waals surface area contributed by atoms with Crippen LogP contribution in [-0.2, 0) is 28.7 Å². The first-order valence-electron chi connectivity index (χ1n) is 20.2. The monoisotopic (exact) mass is 898 g/mol. The Balaban J connectivity index is -0.0000000658. The number of ether oxygens (including phenoxy) is 2. The van der Waals surface area contributed by atoms with Gasteiger partial charge in [0.1, 0.15) is 17.6 Å². The van der Waals surface area contributed by atoms with Crippen molar-refractivity contribution >= 4 is 23.9 Å². The quantitative estimate of drug-likeness (QED) is 0.0474. The summed E-state index contributed by atoms with van der Waals surface area (Å²) in [4.78, 5) is 43.3. The predicted molar refractivity (Wildman–Crippen MR) is 244 cm³/mol. The molecule has 0 bridgehead atoms. The summed E-state index contributed by atoms with van der Waals surface area (Å²) in [6.45, 7) is 31.8. The van der Waals surface area contributed by atoms with E-state index in [1.54, 1.807) is 27.7 Å². The van der Waals surface area contributed by atoms with E-state index in [0.29, 0.717) is 45.3 Å². The summed E-state index contributed by atoms with van der Waals surface area (Å²) >= 11 is 0. The van der Waals surface area contributed by atoms with Gasteiger partial charge in [-0.25, -0.2) is 9.59 Å². The molecule has 0 amide bonds. The molecule has 14 heteroatoms. The number of nitrogens with zero attached hydrogens (tertiary/aromatic N) is 3. The minimum atomic E-state index is -1.24. The SMILES string of the molecule is C.C.C.CCC(C)(CC)C(O)C(=O)O.CCC(C)(CC)CC#N.CCC(C)(CC)CC(=O)O.CCOC(=O)/C(C#N)=C(\C)CC.CCOC(=O)C(C#N)C(C)(CC)CC.[K+].[OH-]. The molecule has 0 saturated carbocycles. The van der Waals surface area contributed by atoms with E-state index in [1.165, 1.54) is 0 Å². The maximum Gasteiger partial charge on any atom is 1.00 e. The molecule has 356 valence electrons. The normalized spacial score (nSPS) is 11.4. The van der Waals surface area contributed by atoms with E-state index in [4.69, 9.17) is 35.5 Å². The van der Waals surface area contributed by atoms with E-state index in [2.05, 4.69) is 32.9 Å². The van der Waals surface area contributed by atoms with Crippen molar-refractivity contribution in [2.45, 2.75) is 210 Å². The van der Waals surface area contributed by atoms with Crippen LogP contribution in [0.2, 0.25) is 0 Å². The molecule has 2 unspecified atom stereocenters. The van der Waals surface area contributed by atoms with Crippen molar-refractivity contribution in [3.63, 3.8) is 0 Å². The average Bonchev–Trinajstić information content (AvgIpc) is 3.18. The van der Waals surface area contributed by atoms with Crippen LogP contribution in [0.15, 0.2) is 11.1 Å². The molecule has 0 rings (SSSR count). The zero-order chi connectivity index (χ0) is 45.3. The number of hydrogen-bond acceptors (Lipinski definition) is 11. The van der Waals surface area contributed by atoms with Crippen molar-refractivity contribution in [1.82, 2.24) is 0 Å². The first kappa shape index (κ1) is 82.4. The second-order valence-corrected chi connectivity index (χ2v) is 15.1. The molecular formula is C47H92KN3O10. The van der Waals surface area contributed by atoms with E-state index in [-0.39, 0.29) is 107 Å². The number of esters is 2. The zero-order valence-corrected chi connectivity index (χ0v) is 42.6. The number of hydrogen-bond donors (Lipinski definition) is 3. The Kier molecular flexibility index (Phi) is 61.6. The molecule has 0 saturated heterocycles. The zero-order valence-electron chi connectivity index (χ0n) is 39.4. The largest absolute Gasteiger partial charge is 1.00 e. The van der Waals surface area contributed by atoms with Crippen LogP contribution in [0.4, 0.5) is 0 Å². The van der Waals surface area contributed by atoms with Crippen molar-refractivity contribution in [2.75, 3.05) is 13.2 Å². The Labute approximate surface area is 417 Å². The smallest absolute Gasteiger partial charge is 0.870 e. The number of allylic oxidation sites excluding steroid dienone is 1. The molecule has 0 heterocycles. The molecule has 4 N–H and O–H groups in total.